The maximum absolute atomic E-state index is 8.44. The van der Waals surface area contributed by atoms with Gasteiger partial charge in [0.15, 0.2) is 6.29 Å². The second kappa shape index (κ2) is 49.5. The maximum atomic E-state index is 8.44. The Hall–Kier alpha value is -0.240. The van der Waals surface area contributed by atoms with Crippen LogP contribution in [0.2, 0.25) is 0 Å². The van der Waals surface area contributed by atoms with Gasteiger partial charge >= 0.3 is 0 Å². The van der Waals surface area contributed by atoms with E-state index >= 15 is 0 Å². The molecule has 0 aromatic rings. The molecule has 1 atom stereocenters. The van der Waals surface area contributed by atoms with Gasteiger partial charge in [0.25, 0.3) is 0 Å². The van der Waals surface area contributed by atoms with E-state index in [2.05, 4.69) is 14.2 Å². The van der Waals surface area contributed by atoms with E-state index in [0.29, 0.717) is 13.2 Å². The minimum atomic E-state index is -0.565. The molecule has 1 N–H and O–H groups in total. The van der Waals surface area contributed by atoms with Crippen LogP contribution in [0, 0.1) is 0 Å². The lowest BCUT2D eigenvalue weighted by Crippen LogP contribution is -2.05. The van der Waals surface area contributed by atoms with Crippen molar-refractivity contribution in [3.8, 4) is 0 Å². The van der Waals surface area contributed by atoms with E-state index in [9.17, 15) is 0 Å². The van der Waals surface area contributed by atoms with Crippen LogP contribution in [0.1, 0.15) is 63.8 Å². The number of methoxy groups -OCH3 is 2. The van der Waals surface area contributed by atoms with Gasteiger partial charge in [-0.1, -0.05) is 50.5 Å². The van der Waals surface area contributed by atoms with E-state index in [1.807, 2.05) is 27.7 Å². The Labute approximate surface area is 153 Å². The zero-order chi connectivity index (χ0) is 16.1. The predicted molar refractivity (Wildman–Crippen MR) is 107 cm³/mol. The van der Waals surface area contributed by atoms with E-state index < -0.39 is 6.29 Å². The third-order valence-electron chi connectivity index (χ3n) is 1.65. The molecule has 24 heavy (non-hydrogen) atoms. The monoisotopic (exact) mass is 362 g/mol. The van der Waals surface area contributed by atoms with E-state index in [1.165, 1.54) is 7.11 Å². The minimum Gasteiger partial charge on any atom is -0.385 e. The van der Waals surface area contributed by atoms with Crippen LogP contribution in [-0.4, -0.2) is 65.4 Å². The fourth-order valence-corrected chi connectivity index (χ4v) is 0.461. The number of aliphatic hydroxyl groups is 1. The van der Waals surface area contributed by atoms with Crippen molar-refractivity contribution in [2.75, 3.05) is 54.0 Å². The van der Waals surface area contributed by atoms with Crippen molar-refractivity contribution in [2.24, 2.45) is 0 Å². The van der Waals surface area contributed by atoms with Crippen molar-refractivity contribution in [3.05, 3.63) is 0 Å². The number of hydrogen-bond donors (Lipinski definition) is 1. The van der Waals surface area contributed by atoms with Gasteiger partial charge in [0, 0.05) is 20.8 Å². The highest BCUT2D eigenvalue weighted by Crippen LogP contribution is 1.86. The highest BCUT2D eigenvalue weighted by atomic mass is 16.7. The second-order valence-electron chi connectivity index (χ2n) is 3.22. The van der Waals surface area contributed by atoms with Crippen molar-refractivity contribution in [1.82, 2.24) is 0 Å². The zero-order valence-corrected chi connectivity index (χ0v) is 14.0. The van der Waals surface area contributed by atoms with Crippen molar-refractivity contribution < 1.29 is 28.8 Å². The van der Waals surface area contributed by atoms with Gasteiger partial charge in [0.05, 0.1) is 26.4 Å². The summed E-state index contributed by atoms with van der Waals surface area (Å²) in [5.74, 6) is 0. The van der Waals surface area contributed by atoms with Gasteiger partial charge in [-0.15, -0.1) is 0 Å². The molecule has 2 aliphatic heterocycles. The molecular weight excluding hydrogens is 312 g/mol. The Morgan fingerprint density at radius 1 is 0.833 bits per heavy atom. The first-order valence-electron chi connectivity index (χ1n) is 7.15. The standard InChI is InChI=1S/C4H10O2.C3H6O2.C3H8O.C2H4O.C2H6.4CH4/c1-3-4(5)6-2;1-2-5-3-4-1;1-3-4-2;1-2-3-1;1-2;;;;/h4-5H,3H2,1-2H3;1-3H2;3H2,1-2H3;1-2H2;1-2H3;4*1H4. The molecule has 0 saturated carbocycles. The summed E-state index contributed by atoms with van der Waals surface area (Å²) >= 11 is 0. The number of hydrogen-bond acceptors (Lipinski definition) is 6. The first-order valence-corrected chi connectivity index (χ1v) is 7.15. The third kappa shape index (κ3) is 81.0. The molecule has 0 radical (unpaired) electrons. The molecule has 1 unspecified atom stereocenters. The molecule has 0 aliphatic carbocycles. The summed E-state index contributed by atoms with van der Waals surface area (Å²) in [6, 6.07) is 0. The van der Waals surface area contributed by atoms with Gasteiger partial charge in [-0.2, -0.15) is 0 Å². The Bertz CT molecular complexity index is 114. The van der Waals surface area contributed by atoms with Gasteiger partial charge in [-0.25, -0.2) is 0 Å². The molecule has 0 bridgehead atoms. The molecule has 0 spiro atoms. The van der Waals surface area contributed by atoms with Crippen LogP contribution in [0.3, 0.4) is 0 Å². The van der Waals surface area contributed by atoms with E-state index in [0.717, 1.165) is 33.0 Å². The molecule has 6 nitrogen and oxygen atoms in total. The van der Waals surface area contributed by atoms with Gasteiger partial charge in [-0.3, -0.25) is 0 Å². The Balaban J connectivity index is -0.0000000299. The van der Waals surface area contributed by atoms with E-state index in [1.54, 1.807) is 7.11 Å². The third-order valence-corrected chi connectivity index (χ3v) is 1.65. The summed E-state index contributed by atoms with van der Waals surface area (Å²) in [5.41, 5.74) is 0. The number of aliphatic hydroxyl groups excluding tert-OH is 1. The summed E-state index contributed by atoms with van der Waals surface area (Å²) in [7, 11) is 3.16. The SMILES string of the molecule is C.C.C.C.C1CO1.C1COCO1.CC.CCC(O)OC.CCOC. The first-order chi connectivity index (χ1) is 9.72. The van der Waals surface area contributed by atoms with Crippen LogP contribution >= 0.6 is 0 Å². The quantitative estimate of drug-likeness (QED) is 0.585. The fraction of sp³-hybridized carbons (Fsp3) is 1.00. The normalized spacial score (nSPS) is 13.1. The van der Waals surface area contributed by atoms with Crippen molar-refractivity contribution in [2.45, 2.75) is 70.1 Å². The molecule has 2 aliphatic rings. The van der Waals surface area contributed by atoms with Crippen LogP contribution in [0.4, 0.5) is 0 Å². The van der Waals surface area contributed by atoms with E-state index in [4.69, 9.17) is 14.6 Å². The second-order valence-corrected chi connectivity index (χ2v) is 3.22. The molecule has 0 aromatic heterocycles. The predicted octanol–water partition coefficient (Wildman–Crippen LogP) is 4.59. The Morgan fingerprint density at radius 3 is 1.17 bits per heavy atom. The summed E-state index contributed by atoms with van der Waals surface area (Å²) < 4.78 is 22.9. The number of rotatable bonds is 3. The van der Waals surface area contributed by atoms with E-state index in [-0.39, 0.29) is 29.7 Å². The Morgan fingerprint density at radius 2 is 1.12 bits per heavy atom. The lowest BCUT2D eigenvalue weighted by atomic mass is 10.5. The average Bonchev–Trinajstić information content (AvgIpc) is 3.30. The lowest BCUT2D eigenvalue weighted by Gasteiger charge is -2.00. The number of epoxide rings is 1. The van der Waals surface area contributed by atoms with Gasteiger partial charge in [-0.05, 0) is 13.3 Å². The first kappa shape index (κ1) is 43.8. The smallest absolute Gasteiger partial charge is 0.153 e. The maximum Gasteiger partial charge on any atom is 0.153 e. The zero-order valence-electron chi connectivity index (χ0n) is 14.0. The molecular formula is C18H50O6. The fourth-order valence-electron chi connectivity index (χ4n) is 0.461. The van der Waals surface area contributed by atoms with Crippen molar-refractivity contribution in [3.63, 3.8) is 0 Å². The molecule has 158 valence electrons. The molecule has 6 heteroatoms. The lowest BCUT2D eigenvalue weighted by molar-refractivity contribution is -0.0748. The topological polar surface area (TPSA) is 69.7 Å². The molecule has 2 fully saturated rings. The molecule has 0 aromatic carbocycles. The summed E-state index contributed by atoms with van der Waals surface area (Å²) in [5, 5.41) is 8.44. The minimum absolute atomic E-state index is 0. The largest absolute Gasteiger partial charge is 0.385 e. The van der Waals surface area contributed by atoms with Crippen molar-refractivity contribution in [1.29, 1.82) is 0 Å². The van der Waals surface area contributed by atoms with Gasteiger partial charge < -0.3 is 28.8 Å². The summed E-state index contributed by atoms with van der Waals surface area (Å²) in [6.07, 6.45) is 0.0984. The van der Waals surface area contributed by atoms with Crippen LogP contribution < -0.4 is 0 Å². The highest BCUT2D eigenvalue weighted by Gasteiger charge is 1.94. The highest BCUT2D eigenvalue weighted by molar-refractivity contribution is 4.36. The van der Waals surface area contributed by atoms with Crippen LogP contribution in [0.25, 0.3) is 0 Å². The molecule has 2 saturated heterocycles. The number of ether oxygens (including phenoxy) is 5. The van der Waals surface area contributed by atoms with Gasteiger partial charge in [0.1, 0.15) is 6.79 Å². The molecule has 0 amide bonds. The summed E-state index contributed by atoms with van der Waals surface area (Å²) in [4.78, 5) is 0. The van der Waals surface area contributed by atoms with Crippen LogP contribution in [0.15, 0.2) is 0 Å². The molecule has 2 heterocycles. The summed E-state index contributed by atoms with van der Waals surface area (Å²) in [6.45, 7) is 12.7. The Kier molecular flexibility index (Phi) is 90.3. The average molecular weight is 363 g/mol. The molecule has 2 rings (SSSR count). The van der Waals surface area contributed by atoms with Gasteiger partial charge in [0.2, 0.25) is 0 Å². The van der Waals surface area contributed by atoms with Crippen LogP contribution in [0.5, 0.6) is 0 Å². The van der Waals surface area contributed by atoms with Crippen molar-refractivity contribution >= 4 is 0 Å². The van der Waals surface area contributed by atoms with Crippen LogP contribution in [-0.2, 0) is 23.7 Å².